The second-order valence-corrected chi connectivity index (χ2v) is 10.9. The average molecular weight is 570 g/mol. The van der Waals surface area contributed by atoms with Crippen LogP contribution in [0, 0.1) is 5.82 Å². The van der Waals surface area contributed by atoms with E-state index in [-0.39, 0.29) is 29.6 Å². The molecule has 0 aromatic heterocycles. The summed E-state index contributed by atoms with van der Waals surface area (Å²) in [6.45, 7) is 2.10. The molecule has 1 aliphatic carbocycles. The summed E-state index contributed by atoms with van der Waals surface area (Å²) < 4.78 is 19.4. The van der Waals surface area contributed by atoms with E-state index in [0.717, 1.165) is 30.4 Å². The van der Waals surface area contributed by atoms with Crippen LogP contribution in [0.3, 0.4) is 0 Å². The molecule has 3 amide bonds. The number of likely N-dealkylation sites (tertiary alicyclic amines) is 1. The molecule has 2 fully saturated rings. The first-order valence-corrected chi connectivity index (χ1v) is 14.2. The van der Waals surface area contributed by atoms with E-state index in [0.29, 0.717) is 55.2 Å². The monoisotopic (exact) mass is 569 g/mol. The van der Waals surface area contributed by atoms with Crippen LogP contribution in [0.15, 0.2) is 71.7 Å². The third kappa shape index (κ3) is 6.76. The highest BCUT2D eigenvalue weighted by Gasteiger charge is 2.25. The number of hydrogen-bond donors (Lipinski definition) is 2. The van der Waals surface area contributed by atoms with Crippen LogP contribution in [0.1, 0.15) is 57.5 Å². The second kappa shape index (κ2) is 12.0. The molecule has 2 aliphatic heterocycles. The number of amides is 3. The Morgan fingerprint density at radius 3 is 2.38 bits per heavy atom. The van der Waals surface area contributed by atoms with E-state index in [9.17, 15) is 18.8 Å². The second-order valence-electron chi connectivity index (χ2n) is 10.9. The summed E-state index contributed by atoms with van der Waals surface area (Å²) >= 11 is 0. The fraction of sp³-hybridized carbons (Fsp3) is 0.312. The van der Waals surface area contributed by atoms with Gasteiger partial charge in [0.05, 0.1) is 12.9 Å². The summed E-state index contributed by atoms with van der Waals surface area (Å²) in [6, 6.07) is 18.6. The van der Waals surface area contributed by atoms with Crippen LogP contribution in [0.2, 0.25) is 0 Å². The molecule has 2 N–H and O–H groups in total. The number of carbonyl (C=O) groups is 3. The lowest BCUT2D eigenvalue weighted by Crippen LogP contribution is -2.37. The smallest absolute Gasteiger partial charge is 0.253 e. The van der Waals surface area contributed by atoms with Crippen LogP contribution in [0.5, 0.6) is 11.5 Å². The Morgan fingerprint density at radius 2 is 1.67 bits per heavy atom. The summed E-state index contributed by atoms with van der Waals surface area (Å²) in [5.74, 6) is 0.377. The summed E-state index contributed by atoms with van der Waals surface area (Å²) in [5, 5.41) is 5.92. The summed E-state index contributed by atoms with van der Waals surface area (Å²) in [7, 11) is 0. The fourth-order valence-corrected chi connectivity index (χ4v) is 5.03. The largest absolute Gasteiger partial charge is 0.457 e. The van der Waals surface area contributed by atoms with Gasteiger partial charge in [-0.15, -0.1) is 0 Å². The van der Waals surface area contributed by atoms with Crippen molar-refractivity contribution in [2.45, 2.75) is 51.0 Å². The molecule has 1 unspecified atom stereocenters. The van der Waals surface area contributed by atoms with Crippen LogP contribution in [-0.2, 0) is 17.9 Å². The fourth-order valence-electron chi connectivity index (χ4n) is 5.03. The van der Waals surface area contributed by atoms with Gasteiger partial charge in [0.15, 0.2) is 0 Å². The first-order chi connectivity index (χ1) is 20.4. The zero-order valence-corrected chi connectivity index (χ0v) is 23.1. The standard InChI is InChI=1S/C32H32FN5O4/c33-25-9-3-21(4-10-25)17-37-19-29(34-20-37)36-32(41)23-5-6-24(18-38-15-1-2-30(38)39)28(16-23)42-27-13-7-22(8-14-27)31(40)35-26-11-12-26/h3-10,13-14,16,20,26,29H,1-2,11-12,15,17-19H2,(H,35,40)(H,36,41). The zero-order chi connectivity index (χ0) is 29.1. The van der Waals surface area contributed by atoms with Gasteiger partial charge >= 0.3 is 0 Å². The number of aliphatic imine (C=N–C) groups is 1. The Morgan fingerprint density at radius 1 is 0.929 bits per heavy atom. The lowest BCUT2D eigenvalue weighted by atomic mass is 10.1. The van der Waals surface area contributed by atoms with Gasteiger partial charge in [0, 0.05) is 48.8 Å². The van der Waals surface area contributed by atoms with Crippen LogP contribution in [-0.4, -0.2) is 59.2 Å². The van der Waals surface area contributed by atoms with Crippen molar-refractivity contribution in [3.8, 4) is 11.5 Å². The van der Waals surface area contributed by atoms with E-state index in [1.54, 1.807) is 59.8 Å². The molecule has 0 spiro atoms. The highest BCUT2D eigenvalue weighted by atomic mass is 19.1. The van der Waals surface area contributed by atoms with Gasteiger partial charge < -0.3 is 25.2 Å². The van der Waals surface area contributed by atoms with Gasteiger partial charge in [-0.3, -0.25) is 14.4 Å². The summed E-state index contributed by atoms with van der Waals surface area (Å²) in [4.78, 5) is 46.0. The highest BCUT2D eigenvalue weighted by Crippen LogP contribution is 2.30. The van der Waals surface area contributed by atoms with Crippen LogP contribution in [0.4, 0.5) is 4.39 Å². The van der Waals surface area contributed by atoms with Crippen molar-refractivity contribution in [1.29, 1.82) is 0 Å². The number of nitrogens with zero attached hydrogens (tertiary/aromatic N) is 3. The molecule has 0 bridgehead atoms. The van der Waals surface area contributed by atoms with Crippen molar-refractivity contribution < 1.29 is 23.5 Å². The topological polar surface area (TPSA) is 103 Å². The molecule has 9 nitrogen and oxygen atoms in total. The number of halogens is 1. The molecule has 42 heavy (non-hydrogen) atoms. The van der Waals surface area contributed by atoms with Crippen molar-refractivity contribution in [1.82, 2.24) is 20.4 Å². The predicted molar refractivity (Wildman–Crippen MR) is 155 cm³/mol. The molecular weight excluding hydrogens is 537 g/mol. The summed E-state index contributed by atoms with van der Waals surface area (Å²) in [6.07, 6.45) is 4.63. The van der Waals surface area contributed by atoms with Crippen molar-refractivity contribution >= 4 is 24.1 Å². The van der Waals surface area contributed by atoms with Crippen molar-refractivity contribution in [2.24, 2.45) is 4.99 Å². The predicted octanol–water partition coefficient (Wildman–Crippen LogP) is 4.23. The van der Waals surface area contributed by atoms with Crippen molar-refractivity contribution in [2.75, 3.05) is 13.1 Å². The van der Waals surface area contributed by atoms with E-state index in [1.807, 2.05) is 11.0 Å². The van der Waals surface area contributed by atoms with E-state index in [2.05, 4.69) is 15.6 Å². The third-order valence-electron chi connectivity index (χ3n) is 7.53. The van der Waals surface area contributed by atoms with Crippen LogP contribution < -0.4 is 15.4 Å². The van der Waals surface area contributed by atoms with Crippen LogP contribution >= 0.6 is 0 Å². The number of benzene rings is 3. The maximum absolute atomic E-state index is 13.2. The quantitative estimate of drug-likeness (QED) is 0.381. The van der Waals surface area contributed by atoms with Crippen molar-refractivity contribution in [3.05, 3.63) is 94.8 Å². The molecule has 3 aromatic rings. The molecule has 0 radical (unpaired) electrons. The Balaban J connectivity index is 1.14. The molecule has 1 atom stereocenters. The minimum atomic E-state index is -0.432. The van der Waals surface area contributed by atoms with Crippen molar-refractivity contribution in [3.63, 3.8) is 0 Å². The van der Waals surface area contributed by atoms with Gasteiger partial charge in [0.25, 0.3) is 11.8 Å². The van der Waals surface area contributed by atoms with Gasteiger partial charge in [-0.2, -0.15) is 0 Å². The normalized spacial score (nSPS) is 17.9. The van der Waals surface area contributed by atoms with E-state index < -0.39 is 6.17 Å². The van der Waals surface area contributed by atoms with E-state index >= 15 is 0 Å². The number of hydrogen-bond acceptors (Lipinski definition) is 6. The lowest BCUT2D eigenvalue weighted by Gasteiger charge is -2.20. The van der Waals surface area contributed by atoms with Gasteiger partial charge in [-0.25, -0.2) is 9.38 Å². The zero-order valence-electron chi connectivity index (χ0n) is 23.1. The molecule has 2 heterocycles. The third-order valence-corrected chi connectivity index (χ3v) is 7.53. The maximum Gasteiger partial charge on any atom is 0.253 e. The van der Waals surface area contributed by atoms with E-state index in [1.165, 1.54) is 12.1 Å². The number of nitrogens with one attached hydrogen (secondary N) is 2. The first kappa shape index (κ1) is 27.4. The number of rotatable bonds is 10. The van der Waals surface area contributed by atoms with Gasteiger partial charge in [-0.05, 0) is 73.4 Å². The molecule has 10 heteroatoms. The first-order valence-electron chi connectivity index (χ1n) is 14.2. The SMILES string of the molecule is O=C(NC1CC1)c1ccc(Oc2cc(C(=O)NC3CN(Cc4ccc(F)cc4)C=N3)ccc2CN2CCCC2=O)cc1. The van der Waals surface area contributed by atoms with Gasteiger partial charge in [0.1, 0.15) is 23.5 Å². The maximum atomic E-state index is 13.2. The Bertz CT molecular complexity index is 1500. The summed E-state index contributed by atoms with van der Waals surface area (Å²) in [5.41, 5.74) is 2.67. The Kier molecular flexibility index (Phi) is 7.85. The molecule has 3 aromatic carbocycles. The minimum absolute atomic E-state index is 0.0954. The Hall–Kier alpha value is -4.73. The van der Waals surface area contributed by atoms with E-state index in [4.69, 9.17) is 4.74 Å². The number of ether oxygens (including phenoxy) is 1. The molecule has 6 rings (SSSR count). The highest BCUT2D eigenvalue weighted by molar-refractivity contribution is 5.95. The molecule has 3 aliphatic rings. The number of carbonyl (C=O) groups excluding carboxylic acids is 3. The molecule has 216 valence electrons. The average Bonchev–Trinajstić information content (AvgIpc) is 3.55. The molecular formula is C32H32FN5O4. The van der Waals surface area contributed by atoms with Gasteiger partial charge in [-0.1, -0.05) is 18.2 Å². The molecule has 1 saturated carbocycles. The van der Waals surface area contributed by atoms with Crippen LogP contribution in [0.25, 0.3) is 0 Å². The lowest BCUT2D eigenvalue weighted by molar-refractivity contribution is -0.128. The minimum Gasteiger partial charge on any atom is -0.457 e. The molecule has 1 saturated heterocycles. The Labute approximate surface area is 243 Å². The van der Waals surface area contributed by atoms with Gasteiger partial charge in [0.2, 0.25) is 5.91 Å².